The Morgan fingerprint density at radius 1 is 1.33 bits per heavy atom. The Bertz CT molecular complexity index is 568. The highest BCUT2D eigenvalue weighted by atomic mass is 32.2. The molecule has 1 rings (SSSR count). The molecule has 0 saturated carbocycles. The van der Waals surface area contributed by atoms with E-state index in [1.807, 2.05) is 0 Å². The van der Waals surface area contributed by atoms with Crippen molar-refractivity contribution in [3.05, 3.63) is 17.7 Å². The maximum atomic E-state index is 11.5. The molecule has 0 saturated heterocycles. The fourth-order valence-electron chi connectivity index (χ4n) is 1.34. The zero-order valence-corrected chi connectivity index (χ0v) is 11.0. The highest BCUT2D eigenvalue weighted by Crippen LogP contribution is 2.30. The van der Waals surface area contributed by atoms with Gasteiger partial charge in [0.1, 0.15) is 5.75 Å². The molecule has 0 fully saturated rings. The van der Waals surface area contributed by atoms with E-state index < -0.39 is 16.0 Å². The third-order valence-corrected chi connectivity index (χ3v) is 2.66. The van der Waals surface area contributed by atoms with E-state index in [4.69, 9.17) is 10.5 Å². The first kappa shape index (κ1) is 14.1. The molecule has 0 atom stereocenters. The van der Waals surface area contributed by atoms with E-state index in [1.54, 1.807) is 0 Å². The van der Waals surface area contributed by atoms with Crippen LogP contribution < -0.4 is 15.2 Å². The second-order valence-electron chi connectivity index (χ2n) is 3.51. The lowest BCUT2D eigenvalue weighted by molar-refractivity contribution is 0.0602. The summed E-state index contributed by atoms with van der Waals surface area (Å²) < 4.78 is 34.1. The summed E-state index contributed by atoms with van der Waals surface area (Å²) in [6, 6.07) is 2.61. The van der Waals surface area contributed by atoms with E-state index in [2.05, 4.69) is 9.46 Å². The summed E-state index contributed by atoms with van der Waals surface area (Å²) in [4.78, 5) is 11.5. The van der Waals surface area contributed by atoms with Crippen molar-refractivity contribution in [2.75, 3.05) is 30.9 Å². The molecule has 0 spiro atoms. The molecule has 0 unspecified atom stereocenters. The van der Waals surface area contributed by atoms with Crippen LogP contribution in [0.4, 0.5) is 11.4 Å². The van der Waals surface area contributed by atoms with E-state index in [0.29, 0.717) is 0 Å². The van der Waals surface area contributed by atoms with Gasteiger partial charge in [-0.15, -0.1) is 0 Å². The van der Waals surface area contributed by atoms with Gasteiger partial charge in [-0.05, 0) is 6.07 Å². The topological polar surface area (TPSA) is 108 Å². The third kappa shape index (κ3) is 3.27. The summed E-state index contributed by atoms with van der Waals surface area (Å²) in [6.45, 7) is 0. The molecule has 0 aliphatic carbocycles. The fourth-order valence-corrected chi connectivity index (χ4v) is 1.90. The van der Waals surface area contributed by atoms with E-state index in [1.165, 1.54) is 26.4 Å². The van der Waals surface area contributed by atoms with Gasteiger partial charge in [0.15, 0.2) is 0 Å². The lowest BCUT2D eigenvalue weighted by atomic mass is 10.1. The molecule has 7 nitrogen and oxygen atoms in total. The van der Waals surface area contributed by atoms with Crippen LogP contribution in [0.25, 0.3) is 0 Å². The highest BCUT2D eigenvalue weighted by Gasteiger charge is 2.17. The van der Waals surface area contributed by atoms with Gasteiger partial charge in [0.05, 0.1) is 37.4 Å². The molecule has 1 aromatic rings. The molecule has 0 aromatic heterocycles. The first-order valence-corrected chi connectivity index (χ1v) is 6.71. The van der Waals surface area contributed by atoms with Crippen LogP contribution >= 0.6 is 0 Å². The predicted molar refractivity (Wildman–Crippen MR) is 67.2 cm³/mol. The first-order valence-electron chi connectivity index (χ1n) is 4.82. The van der Waals surface area contributed by atoms with Crippen molar-refractivity contribution >= 4 is 27.4 Å². The van der Waals surface area contributed by atoms with Crippen LogP contribution in [0.15, 0.2) is 12.1 Å². The van der Waals surface area contributed by atoms with Crippen LogP contribution in [-0.2, 0) is 14.8 Å². The predicted octanol–water partition coefficient (Wildman–Crippen LogP) is 0.436. The average Bonchev–Trinajstić information content (AvgIpc) is 2.28. The number of benzene rings is 1. The minimum Gasteiger partial charge on any atom is -0.495 e. The van der Waals surface area contributed by atoms with Crippen molar-refractivity contribution in [3.8, 4) is 5.75 Å². The van der Waals surface area contributed by atoms with E-state index >= 15 is 0 Å². The van der Waals surface area contributed by atoms with Crippen LogP contribution in [0.2, 0.25) is 0 Å². The molecule has 1 aromatic carbocycles. The summed E-state index contributed by atoms with van der Waals surface area (Å²) in [5.74, 6) is -0.440. The Labute approximate surface area is 105 Å². The van der Waals surface area contributed by atoms with Crippen molar-refractivity contribution in [3.63, 3.8) is 0 Å². The number of esters is 1. The summed E-state index contributed by atoms with van der Waals surface area (Å²) in [6.07, 6.45) is 0.969. The number of sulfonamides is 1. The van der Waals surface area contributed by atoms with Gasteiger partial charge >= 0.3 is 5.97 Å². The summed E-state index contributed by atoms with van der Waals surface area (Å²) in [7, 11) is -0.963. The summed E-state index contributed by atoms with van der Waals surface area (Å²) in [5.41, 5.74) is 5.92. The van der Waals surface area contributed by atoms with Crippen molar-refractivity contribution in [2.45, 2.75) is 0 Å². The maximum absolute atomic E-state index is 11.5. The number of carbonyl (C=O) groups is 1. The Morgan fingerprint density at radius 3 is 2.39 bits per heavy atom. The number of nitrogens with one attached hydrogen (secondary N) is 1. The van der Waals surface area contributed by atoms with Crippen molar-refractivity contribution < 1.29 is 22.7 Å². The Morgan fingerprint density at radius 2 is 1.94 bits per heavy atom. The number of anilines is 2. The molecule has 8 heteroatoms. The van der Waals surface area contributed by atoms with Gasteiger partial charge in [-0.1, -0.05) is 0 Å². The standard InChI is InChI=1S/C10H14N2O5S/c1-16-9-5-8(12-18(3,14)15)6(4-7(9)11)10(13)17-2/h4-5,12H,11H2,1-3H3. The van der Waals surface area contributed by atoms with Crippen LogP contribution in [-0.4, -0.2) is 34.9 Å². The number of carbonyl (C=O) groups excluding carboxylic acids is 1. The lowest BCUT2D eigenvalue weighted by Gasteiger charge is -2.13. The second kappa shape index (κ2) is 5.13. The normalized spacial score (nSPS) is 10.8. The molecule has 0 aliphatic rings. The number of methoxy groups -OCH3 is 2. The van der Waals surface area contributed by atoms with Gasteiger partial charge in [-0.25, -0.2) is 13.2 Å². The molecule has 0 bridgehead atoms. The number of hydrogen-bond acceptors (Lipinski definition) is 6. The highest BCUT2D eigenvalue weighted by molar-refractivity contribution is 7.92. The molecule has 3 N–H and O–H groups in total. The van der Waals surface area contributed by atoms with Crippen molar-refractivity contribution in [1.82, 2.24) is 0 Å². The number of nitrogens with two attached hydrogens (primary N) is 1. The minimum absolute atomic E-state index is 0.0150. The number of hydrogen-bond donors (Lipinski definition) is 2. The Hall–Kier alpha value is -1.96. The van der Waals surface area contributed by atoms with Crippen LogP contribution in [0.5, 0.6) is 5.75 Å². The third-order valence-electron chi connectivity index (χ3n) is 2.07. The quantitative estimate of drug-likeness (QED) is 0.609. The van der Waals surface area contributed by atoms with Crippen molar-refractivity contribution in [2.24, 2.45) is 0 Å². The monoisotopic (exact) mass is 274 g/mol. The van der Waals surface area contributed by atoms with E-state index in [-0.39, 0.29) is 22.7 Å². The average molecular weight is 274 g/mol. The number of nitrogen functional groups attached to an aromatic ring is 1. The van der Waals surface area contributed by atoms with Crippen LogP contribution in [0.1, 0.15) is 10.4 Å². The Balaban J connectivity index is 3.39. The molecule has 0 aliphatic heterocycles. The van der Waals surface area contributed by atoms with Gasteiger partial charge in [0.25, 0.3) is 0 Å². The first-order chi connectivity index (χ1) is 8.28. The van der Waals surface area contributed by atoms with Gasteiger partial charge in [0, 0.05) is 6.07 Å². The minimum atomic E-state index is -3.53. The van der Waals surface area contributed by atoms with E-state index in [9.17, 15) is 13.2 Å². The lowest BCUT2D eigenvalue weighted by Crippen LogP contribution is -2.14. The molecule has 0 heterocycles. The maximum Gasteiger partial charge on any atom is 0.340 e. The fraction of sp³-hybridized carbons (Fsp3) is 0.300. The molecule has 0 radical (unpaired) electrons. The van der Waals surface area contributed by atoms with Gasteiger partial charge < -0.3 is 15.2 Å². The van der Waals surface area contributed by atoms with E-state index in [0.717, 1.165) is 6.26 Å². The molecule has 18 heavy (non-hydrogen) atoms. The summed E-state index contributed by atoms with van der Waals surface area (Å²) >= 11 is 0. The largest absolute Gasteiger partial charge is 0.495 e. The zero-order chi connectivity index (χ0) is 13.9. The molecular weight excluding hydrogens is 260 g/mol. The van der Waals surface area contributed by atoms with Gasteiger partial charge in [-0.3, -0.25) is 4.72 Å². The van der Waals surface area contributed by atoms with Gasteiger partial charge in [0.2, 0.25) is 10.0 Å². The van der Waals surface area contributed by atoms with Crippen LogP contribution in [0, 0.1) is 0 Å². The SMILES string of the molecule is COC(=O)c1cc(N)c(OC)cc1NS(C)(=O)=O. The molecule has 0 amide bonds. The second-order valence-corrected chi connectivity index (χ2v) is 5.25. The molecule has 100 valence electrons. The van der Waals surface area contributed by atoms with Gasteiger partial charge in [-0.2, -0.15) is 0 Å². The smallest absolute Gasteiger partial charge is 0.340 e. The van der Waals surface area contributed by atoms with Crippen LogP contribution in [0.3, 0.4) is 0 Å². The summed E-state index contributed by atoms with van der Waals surface area (Å²) in [5, 5.41) is 0. The number of rotatable bonds is 4. The number of ether oxygens (including phenoxy) is 2. The van der Waals surface area contributed by atoms with Crippen molar-refractivity contribution in [1.29, 1.82) is 0 Å². The molecular formula is C10H14N2O5S. The zero-order valence-electron chi connectivity index (χ0n) is 10.2. The Kier molecular flexibility index (Phi) is 4.02.